The number of fused-ring (bicyclic) bond motifs is 1. The molecule has 3 atom stereocenters. The SMILES string of the molecule is CCc1ccc(N2C(=O)C3ON(CC(N)=O)C(c4ccc(OC)c(OC)c4)C3C2=O)cc1. The minimum absolute atomic E-state index is 0.266. The first-order chi connectivity index (χ1) is 15.4. The number of ether oxygens (including phenoxy) is 2. The Morgan fingerprint density at radius 3 is 2.31 bits per heavy atom. The van der Waals surface area contributed by atoms with Crippen LogP contribution < -0.4 is 20.1 Å². The highest BCUT2D eigenvalue weighted by Crippen LogP contribution is 2.46. The summed E-state index contributed by atoms with van der Waals surface area (Å²) in [5.74, 6) is -1.37. The summed E-state index contributed by atoms with van der Waals surface area (Å²) in [6.45, 7) is 1.76. The molecule has 2 aliphatic heterocycles. The minimum atomic E-state index is -1.05. The highest BCUT2D eigenvalue weighted by molar-refractivity contribution is 6.23. The molecule has 2 aliphatic rings. The molecule has 2 fully saturated rings. The van der Waals surface area contributed by atoms with Crippen LogP contribution in [0.25, 0.3) is 0 Å². The van der Waals surface area contributed by atoms with Gasteiger partial charge in [-0.15, -0.1) is 0 Å². The van der Waals surface area contributed by atoms with Gasteiger partial charge < -0.3 is 15.2 Å². The maximum Gasteiger partial charge on any atom is 0.265 e. The van der Waals surface area contributed by atoms with Crippen molar-refractivity contribution in [1.29, 1.82) is 0 Å². The Bertz CT molecular complexity index is 1050. The molecule has 9 heteroatoms. The fourth-order valence-corrected chi connectivity index (χ4v) is 4.30. The summed E-state index contributed by atoms with van der Waals surface area (Å²) >= 11 is 0. The molecule has 2 heterocycles. The number of hydrogen-bond donors (Lipinski definition) is 1. The van der Waals surface area contributed by atoms with Crippen LogP contribution in [0.4, 0.5) is 5.69 Å². The number of rotatable bonds is 7. The van der Waals surface area contributed by atoms with Crippen molar-refractivity contribution in [3.05, 3.63) is 53.6 Å². The van der Waals surface area contributed by atoms with E-state index in [1.807, 2.05) is 19.1 Å². The number of aryl methyl sites for hydroxylation is 1. The molecule has 2 aromatic carbocycles. The molecule has 168 valence electrons. The molecule has 9 nitrogen and oxygen atoms in total. The van der Waals surface area contributed by atoms with Crippen LogP contribution in [0, 0.1) is 5.92 Å². The molecule has 0 aromatic heterocycles. The lowest BCUT2D eigenvalue weighted by molar-refractivity contribution is -0.175. The summed E-state index contributed by atoms with van der Waals surface area (Å²) in [6, 6.07) is 11.7. The average Bonchev–Trinajstić information content (AvgIpc) is 3.27. The Labute approximate surface area is 185 Å². The van der Waals surface area contributed by atoms with Crippen molar-refractivity contribution in [3.63, 3.8) is 0 Å². The fraction of sp³-hybridized carbons (Fsp3) is 0.348. The molecule has 0 radical (unpaired) electrons. The third-order valence-corrected chi connectivity index (χ3v) is 5.86. The second kappa shape index (κ2) is 8.60. The van der Waals surface area contributed by atoms with Gasteiger partial charge >= 0.3 is 0 Å². The van der Waals surface area contributed by atoms with Crippen molar-refractivity contribution in [2.45, 2.75) is 25.5 Å². The van der Waals surface area contributed by atoms with Gasteiger partial charge in [0.05, 0.1) is 31.9 Å². The first-order valence-electron chi connectivity index (χ1n) is 10.3. The lowest BCUT2D eigenvalue weighted by Gasteiger charge is -2.26. The molecule has 0 saturated carbocycles. The van der Waals surface area contributed by atoms with Crippen molar-refractivity contribution in [2.24, 2.45) is 11.7 Å². The largest absolute Gasteiger partial charge is 0.493 e. The highest BCUT2D eigenvalue weighted by atomic mass is 16.7. The van der Waals surface area contributed by atoms with Crippen LogP contribution in [-0.2, 0) is 25.6 Å². The van der Waals surface area contributed by atoms with Gasteiger partial charge in [0.15, 0.2) is 17.6 Å². The number of hydroxylamine groups is 2. The summed E-state index contributed by atoms with van der Waals surface area (Å²) in [6.07, 6.45) is -0.203. The van der Waals surface area contributed by atoms with E-state index in [0.717, 1.165) is 16.9 Å². The maximum atomic E-state index is 13.5. The minimum Gasteiger partial charge on any atom is -0.493 e. The van der Waals surface area contributed by atoms with Crippen LogP contribution in [0.2, 0.25) is 0 Å². The molecule has 32 heavy (non-hydrogen) atoms. The first-order valence-corrected chi connectivity index (χ1v) is 10.3. The molecule has 0 aliphatic carbocycles. The Morgan fingerprint density at radius 1 is 1.03 bits per heavy atom. The van der Waals surface area contributed by atoms with E-state index in [1.165, 1.54) is 19.3 Å². The average molecular weight is 439 g/mol. The van der Waals surface area contributed by atoms with Crippen LogP contribution in [0.15, 0.2) is 42.5 Å². The molecule has 2 aromatic rings. The number of primary amides is 1. The number of carbonyl (C=O) groups is 3. The van der Waals surface area contributed by atoms with E-state index < -0.39 is 35.8 Å². The van der Waals surface area contributed by atoms with Crippen molar-refractivity contribution >= 4 is 23.4 Å². The number of anilines is 1. The Balaban J connectivity index is 1.73. The van der Waals surface area contributed by atoms with Gasteiger partial charge in [-0.05, 0) is 41.8 Å². The zero-order valence-corrected chi connectivity index (χ0v) is 18.1. The second-order valence-electron chi connectivity index (χ2n) is 7.68. The van der Waals surface area contributed by atoms with Crippen molar-refractivity contribution < 1.29 is 28.7 Å². The van der Waals surface area contributed by atoms with Crippen LogP contribution in [0.3, 0.4) is 0 Å². The van der Waals surface area contributed by atoms with Crippen LogP contribution in [-0.4, -0.2) is 49.7 Å². The standard InChI is InChI=1S/C23H25N3O6/c1-4-13-5-8-15(9-6-13)26-22(28)19-20(14-7-10-16(30-2)17(11-14)31-3)25(12-18(24)27)32-21(19)23(26)29/h5-11,19-21H,4,12H2,1-3H3,(H2,24,27). The molecular formula is C23H25N3O6. The number of nitrogens with two attached hydrogens (primary N) is 1. The molecule has 4 rings (SSSR count). The Kier molecular flexibility index (Phi) is 5.86. The van der Waals surface area contributed by atoms with Crippen LogP contribution in [0.5, 0.6) is 11.5 Å². The van der Waals surface area contributed by atoms with Gasteiger partial charge in [-0.2, -0.15) is 5.06 Å². The van der Waals surface area contributed by atoms with Gasteiger partial charge in [-0.1, -0.05) is 25.1 Å². The molecule has 2 N–H and O–H groups in total. The Hall–Kier alpha value is -3.43. The van der Waals surface area contributed by atoms with Crippen LogP contribution >= 0.6 is 0 Å². The molecule has 3 unspecified atom stereocenters. The summed E-state index contributed by atoms with van der Waals surface area (Å²) < 4.78 is 10.7. The number of nitrogens with zero attached hydrogens (tertiary/aromatic N) is 2. The van der Waals surface area contributed by atoms with E-state index >= 15 is 0 Å². The molecule has 0 bridgehead atoms. The van der Waals surface area contributed by atoms with Crippen molar-refractivity contribution in [1.82, 2.24) is 5.06 Å². The van der Waals surface area contributed by atoms with Gasteiger partial charge in [-0.25, -0.2) is 4.90 Å². The van der Waals surface area contributed by atoms with E-state index in [0.29, 0.717) is 22.7 Å². The lowest BCUT2D eigenvalue weighted by atomic mass is 9.90. The van der Waals surface area contributed by atoms with E-state index in [2.05, 4.69) is 0 Å². The number of hydrogen-bond acceptors (Lipinski definition) is 7. The smallest absolute Gasteiger partial charge is 0.265 e. The third-order valence-electron chi connectivity index (χ3n) is 5.86. The topological polar surface area (TPSA) is 111 Å². The third kappa shape index (κ3) is 3.59. The molecular weight excluding hydrogens is 414 g/mol. The van der Waals surface area contributed by atoms with Crippen molar-refractivity contribution in [3.8, 4) is 11.5 Å². The summed E-state index contributed by atoms with van der Waals surface area (Å²) in [4.78, 5) is 45.3. The summed E-state index contributed by atoms with van der Waals surface area (Å²) in [7, 11) is 3.02. The van der Waals surface area contributed by atoms with Crippen molar-refractivity contribution in [2.75, 3.05) is 25.7 Å². The van der Waals surface area contributed by atoms with Gasteiger partial charge in [0.25, 0.3) is 5.91 Å². The normalized spacial score (nSPS) is 22.8. The highest BCUT2D eigenvalue weighted by Gasteiger charge is 2.60. The maximum absolute atomic E-state index is 13.5. The lowest BCUT2D eigenvalue weighted by Crippen LogP contribution is -2.40. The zero-order chi connectivity index (χ0) is 23.0. The fourth-order valence-electron chi connectivity index (χ4n) is 4.30. The quantitative estimate of drug-likeness (QED) is 0.652. The number of imide groups is 1. The number of methoxy groups -OCH3 is 2. The number of benzene rings is 2. The Morgan fingerprint density at radius 2 is 1.72 bits per heavy atom. The zero-order valence-electron chi connectivity index (χ0n) is 18.1. The van der Waals surface area contributed by atoms with Gasteiger partial charge in [0.2, 0.25) is 11.8 Å². The molecule has 3 amide bonds. The van der Waals surface area contributed by atoms with Gasteiger partial charge in [0, 0.05) is 0 Å². The van der Waals surface area contributed by atoms with E-state index in [9.17, 15) is 14.4 Å². The summed E-state index contributed by atoms with van der Waals surface area (Å²) in [5.41, 5.74) is 7.62. The van der Waals surface area contributed by atoms with E-state index in [4.69, 9.17) is 20.0 Å². The predicted molar refractivity (Wildman–Crippen MR) is 115 cm³/mol. The number of carbonyl (C=O) groups excluding carboxylic acids is 3. The molecule has 0 spiro atoms. The predicted octanol–water partition coefficient (Wildman–Crippen LogP) is 1.60. The monoisotopic (exact) mass is 439 g/mol. The number of amides is 3. The van der Waals surface area contributed by atoms with Gasteiger partial charge in [0.1, 0.15) is 6.54 Å². The molecule has 2 saturated heterocycles. The van der Waals surface area contributed by atoms with Crippen LogP contribution in [0.1, 0.15) is 24.1 Å². The summed E-state index contributed by atoms with van der Waals surface area (Å²) in [5, 5.41) is 1.31. The van der Waals surface area contributed by atoms with E-state index in [-0.39, 0.29) is 6.54 Å². The van der Waals surface area contributed by atoms with E-state index in [1.54, 1.807) is 30.3 Å². The van der Waals surface area contributed by atoms with Gasteiger partial charge in [-0.3, -0.25) is 19.2 Å². The first kappa shape index (κ1) is 21.8. The second-order valence-corrected chi connectivity index (χ2v) is 7.68.